The number of aliphatic hydroxyl groups is 4. The Morgan fingerprint density at radius 1 is 1.13 bits per heavy atom. The normalized spacial score (nSPS) is 44.0. The van der Waals surface area contributed by atoms with Gasteiger partial charge in [-0.2, -0.15) is 0 Å². The van der Waals surface area contributed by atoms with Crippen LogP contribution in [0.3, 0.4) is 0 Å². The molecule has 15 heavy (non-hydrogen) atoms. The van der Waals surface area contributed by atoms with Gasteiger partial charge in [-0.15, -0.1) is 0 Å². The summed E-state index contributed by atoms with van der Waals surface area (Å²) in [6.07, 6.45) is -4.91. The molecule has 1 unspecified atom stereocenters. The van der Waals surface area contributed by atoms with Crippen molar-refractivity contribution in [1.29, 1.82) is 0 Å². The maximum Gasteiger partial charge on any atom is 0.111 e. The molecule has 6 N–H and O–H groups in total. The molecule has 0 bridgehead atoms. The van der Waals surface area contributed by atoms with Gasteiger partial charge in [0.25, 0.3) is 0 Å². The van der Waals surface area contributed by atoms with E-state index in [2.05, 4.69) is 0 Å². The highest BCUT2D eigenvalue weighted by molar-refractivity contribution is 4.92. The summed E-state index contributed by atoms with van der Waals surface area (Å²) < 4.78 is 5.25. The molecule has 0 amide bonds. The van der Waals surface area contributed by atoms with Crippen LogP contribution < -0.4 is 5.73 Å². The van der Waals surface area contributed by atoms with Crippen LogP contribution in [0.4, 0.5) is 0 Å². The van der Waals surface area contributed by atoms with E-state index >= 15 is 0 Å². The number of hydrogen-bond acceptors (Lipinski definition) is 6. The lowest BCUT2D eigenvalue weighted by molar-refractivity contribution is -0.230. The van der Waals surface area contributed by atoms with Gasteiger partial charge in [-0.1, -0.05) is 0 Å². The monoisotopic (exact) mass is 221 g/mol. The molecule has 0 spiro atoms. The Balaban J connectivity index is 2.65. The third kappa shape index (κ3) is 2.87. The van der Waals surface area contributed by atoms with E-state index in [1.165, 1.54) is 0 Å². The van der Waals surface area contributed by atoms with Crippen LogP contribution in [0.5, 0.6) is 0 Å². The van der Waals surface area contributed by atoms with Gasteiger partial charge in [0.15, 0.2) is 0 Å². The minimum Gasteiger partial charge on any atom is -0.394 e. The number of aliphatic hydroxyl groups excluding tert-OH is 4. The lowest BCUT2D eigenvalue weighted by atomic mass is 9.92. The van der Waals surface area contributed by atoms with E-state index in [0.29, 0.717) is 6.42 Å². The molecule has 6 atom stereocenters. The summed E-state index contributed by atoms with van der Waals surface area (Å²) in [7, 11) is 0. The van der Waals surface area contributed by atoms with E-state index < -0.39 is 37.1 Å². The van der Waals surface area contributed by atoms with E-state index in [0.717, 1.165) is 0 Å². The summed E-state index contributed by atoms with van der Waals surface area (Å²) in [5.41, 5.74) is 5.55. The predicted octanol–water partition coefficient (Wildman–Crippen LogP) is -2.43. The topological polar surface area (TPSA) is 116 Å². The van der Waals surface area contributed by atoms with Gasteiger partial charge in [0.2, 0.25) is 0 Å². The molecule has 1 rings (SSSR count). The fraction of sp³-hybridized carbons (Fsp3) is 1.00. The standard InChI is InChI=1S/C9H19NO5/c1-4(10)2-5-7(12)9(14)8(13)6(3-11)15-5/h4-9,11-14H,2-3,10H2,1H3/t4?,5-,6-,7+,8-,9-/m1/s1. The van der Waals surface area contributed by atoms with E-state index in [-0.39, 0.29) is 6.04 Å². The molecule has 1 aliphatic rings. The Labute approximate surface area is 88.3 Å². The van der Waals surface area contributed by atoms with Crippen LogP contribution in [0.2, 0.25) is 0 Å². The van der Waals surface area contributed by atoms with Crippen LogP contribution in [0.25, 0.3) is 0 Å². The highest BCUT2D eigenvalue weighted by Gasteiger charge is 2.43. The highest BCUT2D eigenvalue weighted by Crippen LogP contribution is 2.23. The molecule has 0 aromatic heterocycles. The smallest absolute Gasteiger partial charge is 0.111 e. The first-order valence-electron chi connectivity index (χ1n) is 5.03. The third-order valence-corrected chi connectivity index (χ3v) is 2.60. The summed E-state index contributed by atoms with van der Waals surface area (Å²) in [5, 5.41) is 37.4. The summed E-state index contributed by atoms with van der Waals surface area (Å²) >= 11 is 0. The van der Waals surface area contributed by atoms with E-state index in [1.807, 2.05) is 0 Å². The predicted molar refractivity (Wildman–Crippen MR) is 52.0 cm³/mol. The zero-order chi connectivity index (χ0) is 11.6. The van der Waals surface area contributed by atoms with E-state index in [9.17, 15) is 15.3 Å². The van der Waals surface area contributed by atoms with Gasteiger partial charge in [-0.05, 0) is 13.3 Å². The summed E-state index contributed by atoms with van der Waals surface area (Å²) in [4.78, 5) is 0. The van der Waals surface area contributed by atoms with Crippen molar-refractivity contribution in [3.63, 3.8) is 0 Å². The first kappa shape index (κ1) is 12.8. The van der Waals surface area contributed by atoms with Crippen molar-refractivity contribution >= 4 is 0 Å². The summed E-state index contributed by atoms with van der Waals surface area (Å²) in [5.74, 6) is 0. The molecule has 6 heteroatoms. The second-order valence-corrected chi connectivity index (χ2v) is 4.08. The van der Waals surface area contributed by atoms with Gasteiger partial charge in [0.05, 0.1) is 12.7 Å². The van der Waals surface area contributed by atoms with Crippen LogP contribution in [0, 0.1) is 0 Å². The third-order valence-electron chi connectivity index (χ3n) is 2.60. The highest BCUT2D eigenvalue weighted by atomic mass is 16.5. The number of ether oxygens (including phenoxy) is 1. The molecule has 0 aromatic carbocycles. The molecule has 0 aliphatic carbocycles. The largest absolute Gasteiger partial charge is 0.394 e. The molecular weight excluding hydrogens is 202 g/mol. The lowest BCUT2D eigenvalue weighted by Crippen LogP contribution is -2.59. The van der Waals surface area contributed by atoms with Crippen LogP contribution >= 0.6 is 0 Å². The molecule has 0 saturated carbocycles. The molecule has 1 heterocycles. The molecule has 1 fully saturated rings. The molecular formula is C9H19NO5. The van der Waals surface area contributed by atoms with Crippen molar-refractivity contribution in [2.24, 2.45) is 5.73 Å². The van der Waals surface area contributed by atoms with Crippen LogP contribution in [0.15, 0.2) is 0 Å². The number of nitrogens with two attached hydrogens (primary N) is 1. The van der Waals surface area contributed by atoms with Crippen molar-refractivity contribution in [2.45, 2.75) is 49.9 Å². The SMILES string of the molecule is CC(N)C[C@H]1O[C@H](CO)[C@@H](O)[C@H](O)[C@H]1O. The molecule has 0 aromatic rings. The number of rotatable bonds is 3. The van der Waals surface area contributed by atoms with Gasteiger partial charge >= 0.3 is 0 Å². The van der Waals surface area contributed by atoms with Crippen LogP contribution in [-0.4, -0.2) is 63.6 Å². The fourth-order valence-corrected chi connectivity index (χ4v) is 1.74. The van der Waals surface area contributed by atoms with Gasteiger partial charge in [-0.25, -0.2) is 0 Å². The Hall–Kier alpha value is -0.240. The lowest BCUT2D eigenvalue weighted by Gasteiger charge is -2.40. The van der Waals surface area contributed by atoms with E-state index in [4.69, 9.17) is 15.6 Å². The average Bonchev–Trinajstić information content (AvgIpc) is 2.18. The van der Waals surface area contributed by atoms with Crippen molar-refractivity contribution < 1.29 is 25.2 Å². The Morgan fingerprint density at radius 3 is 2.13 bits per heavy atom. The Bertz CT molecular complexity index is 199. The van der Waals surface area contributed by atoms with Gasteiger partial charge in [0, 0.05) is 6.04 Å². The van der Waals surface area contributed by atoms with Crippen molar-refractivity contribution in [2.75, 3.05) is 6.61 Å². The van der Waals surface area contributed by atoms with Gasteiger partial charge < -0.3 is 30.9 Å². The van der Waals surface area contributed by atoms with Crippen LogP contribution in [0.1, 0.15) is 13.3 Å². The second-order valence-electron chi connectivity index (χ2n) is 4.08. The van der Waals surface area contributed by atoms with Crippen molar-refractivity contribution in [3.05, 3.63) is 0 Å². The minimum atomic E-state index is -1.31. The Morgan fingerprint density at radius 2 is 1.67 bits per heavy atom. The summed E-state index contributed by atoms with van der Waals surface area (Å²) in [6.45, 7) is 1.35. The Kier molecular flexibility index (Phi) is 4.45. The first-order valence-corrected chi connectivity index (χ1v) is 5.03. The summed E-state index contributed by atoms with van der Waals surface area (Å²) in [6, 6.07) is -0.188. The zero-order valence-corrected chi connectivity index (χ0v) is 8.65. The zero-order valence-electron chi connectivity index (χ0n) is 8.65. The van der Waals surface area contributed by atoms with Crippen molar-refractivity contribution in [3.8, 4) is 0 Å². The quantitative estimate of drug-likeness (QED) is 0.362. The number of hydrogen-bond donors (Lipinski definition) is 5. The minimum absolute atomic E-state index is 0.188. The maximum absolute atomic E-state index is 9.60. The molecule has 1 saturated heterocycles. The fourth-order valence-electron chi connectivity index (χ4n) is 1.74. The van der Waals surface area contributed by atoms with Crippen molar-refractivity contribution in [1.82, 2.24) is 0 Å². The molecule has 1 aliphatic heterocycles. The molecule has 0 radical (unpaired) electrons. The molecule has 6 nitrogen and oxygen atoms in total. The first-order chi connectivity index (χ1) is 6.97. The van der Waals surface area contributed by atoms with Crippen LogP contribution in [-0.2, 0) is 4.74 Å². The average molecular weight is 221 g/mol. The molecule has 90 valence electrons. The van der Waals surface area contributed by atoms with Gasteiger partial charge in [-0.3, -0.25) is 0 Å². The maximum atomic E-state index is 9.60. The van der Waals surface area contributed by atoms with E-state index in [1.54, 1.807) is 6.92 Å². The second kappa shape index (κ2) is 5.20. The van der Waals surface area contributed by atoms with Gasteiger partial charge in [0.1, 0.15) is 24.4 Å².